The number of allylic oxidation sites excluding steroid dienone is 1. The van der Waals surface area contributed by atoms with E-state index in [1.54, 1.807) is 0 Å². The van der Waals surface area contributed by atoms with Crippen LogP contribution in [0.5, 0.6) is 0 Å². The highest BCUT2D eigenvalue weighted by Crippen LogP contribution is 2.27. The predicted octanol–water partition coefficient (Wildman–Crippen LogP) is 6.17. The molecule has 0 aliphatic carbocycles. The van der Waals surface area contributed by atoms with Crippen LogP contribution in [-0.2, 0) is 9.53 Å². The van der Waals surface area contributed by atoms with E-state index in [4.69, 9.17) is 4.74 Å². The van der Waals surface area contributed by atoms with Crippen LogP contribution in [0.4, 0.5) is 0 Å². The zero-order valence-electron chi connectivity index (χ0n) is 15.9. The lowest BCUT2D eigenvalue weighted by molar-refractivity contribution is -0.137. The second-order valence-corrected chi connectivity index (χ2v) is 6.49. The molecule has 0 saturated heterocycles. The fourth-order valence-electron chi connectivity index (χ4n) is 2.91. The van der Waals surface area contributed by atoms with Gasteiger partial charge in [0.15, 0.2) is 0 Å². The van der Waals surface area contributed by atoms with Gasteiger partial charge < -0.3 is 4.74 Å². The Morgan fingerprint density at radius 3 is 2.58 bits per heavy atom. The molecule has 136 valence electrons. The maximum Gasteiger partial charge on any atom is 0.330 e. The van der Waals surface area contributed by atoms with Crippen molar-refractivity contribution in [1.29, 1.82) is 0 Å². The molecule has 0 amide bonds. The first kappa shape index (κ1) is 19.7. The molecule has 2 aromatic rings. The largest absolute Gasteiger partial charge is 0.463 e. The summed E-state index contributed by atoms with van der Waals surface area (Å²) in [6.07, 6.45) is 9.66. The van der Waals surface area contributed by atoms with Crippen molar-refractivity contribution in [3.63, 3.8) is 0 Å². The molecule has 0 aliphatic rings. The Morgan fingerprint density at radius 1 is 1.08 bits per heavy atom. The number of rotatable bonds is 8. The molecule has 26 heavy (non-hydrogen) atoms. The standard InChI is InChI=1S/C24H28O2/c1-4-5-18-26-23(25)17-16-22-13-9-10-19(2)24(22)20(3)14-15-21-11-7-6-8-12-21/h6-17,20H,4-5,18H2,1-3H3/b15-14+,17-16+. The van der Waals surface area contributed by atoms with Crippen LogP contribution in [0, 0.1) is 6.92 Å². The van der Waals surface area contributed by atoms with Gasteiger partial charge in [-0.15, -0.1) is 0 Å². The van der Waals surface area contributed by atoms with E-state index in [9.17, 15) is 4.79 Å². The van der Waals surface area contributed by atoms with Crippen molar-refractivity contribution in [2.45, 2.75) is 39.5 Å². The Kier molecular flexibility index (Phi) is 7.88. The summed E-state index contributed by atoms with van der Waals surface area (Å²) in [7, 11) is 0. The summed E-state index contributed by atoms with van der Waals surface area (Å²) in [6.45, 7) is 6.85. The van der Waals surface area contributed by atoms with Crippen LogP contribution in [0.15, 0.2) is 60.7 Å². The van der Waals surface area contributed by atoms with Crippen LogP contribution < -0.4 is 0 Å². The second-order valence-electron chi connectivity index (χ2n) is 6.49. The molecule has 0 heterocycles. The maximum atomic E-state index is 11.8. The van der Waals surface area contributed by atoms with E-state index in [0.29, 0.717) is 6.61 Å². The lowest BCUT2D eigenvalue weighted by atomic mass is 9.90. The Hall–Kier alpha value is -2.61. The van der Waals surface area contributed by atoms with Gasteiger partial charge in [0.1, 0.15) is 0 Å². The molecular formula is C24H28O2. The Labute approximate surface area is 157 Å². The molecule has 0 N–H and O–H groups in total. The fourth-order valence-corrected chi connectivity index (χ4v) is 2.91. The fraction of sp³-hybridized carbons (Fsp3) is 0.292. The second kappa shape index (κ2) is 10.4. The van der Waals surface area contributed by atoms with E-state index < -0.39 is 0 Å². The molecule has 0 radical (unpaired) electrons. The van der Waals surface area contributed by atoms with Gasteiger partial charge >= 0.3 is 5.97 Å². The number of carbonyl (C=O) groups is 1. The summed E-state index contributed by atoms with van der Waals surface area (Å²) in [6, 6.07) is 16.5. The average Bonchev–Trinajstić information content (AvgIpc) is 2.65. The lowest BCUT2D eigenvalue weighted by Crippen LogP contribution is -2.02. The van der Waals surface area contributed by atoms with Gasteiger partial charge in [-0.2, -0.15) is 0 Å². The summed E-state index contributed by atoms with van der Waals surface area (Å²) in [4.78, 5) is 11.8. The molecule has 0 aromatic heterocycles. The van der Waals surface area contributed by atoms with Crippen LogP contribution in [0.3, 0.4) is 0 Å². The molecule has 2 heteroatoms. The predicted molar refractivity (Wildman–Crippen MR) is 110 cm³/mol. The molecule has 1 atom stereocenters. The third-order valence-corrected chi connectivity index (χ3v) is 4.33. The van der Waals surface area contributed by atoms with Crippen molar-refractivity contribution in [2.24, 2.45) is 0 Å². The maximum absolute atomic E-state index is 11.8. The Balaban J connectivity index is 2.15. The van der Waals surface area contributed by atoms with Crippen molar-refractivity contribution in [3.8, 4) is 0 Å². The third kappa shape index (κ3) is 6.03. The van der Waals surface area contributed by atoms with Crippen molar-refractivity contribution in [1.82, 2.24) is 0 Å². The molecule has 2 rings (SSSR count). The number of hydrogen-bond donors (Lipinski definition) is 0. The number of esters is 1. The van der Waals surface area contributed by atoms with Gasteiger partial charge in [-0.3, -0.25) is 0 Å². The van der Waals surface area contributed by atoms with E-state index in [1.807, 2.05) is 36.4 Å². The van der Waals surface area contributed by atoms with Gasteiger partial charge in [-0.25, -0.2) is 4.79 Å². The first-order valence-corrected chi connectivity index (χ1v) is 9.29. The SMILES string of the molecule is CCCCOC(=O)/C=C/c1cccc(C)c1C(C)/C=C/c1ccccc1. The van der Waals surface area contributed by atoms with Gasteiger partial charge in [-0.05, 0) is 41.7 Å². The van der Waals surface area contributed by atoms with Gasteiger partial charge in [0, 0.05) is 12.0 Å². The topological polar surface area (TPSA) is 26.3 Å². The highest BCUT2D eigenvalue weighted by atomic mass is 16.5. The smallest absolute Gasteiger partial charge is 0.330 e. The minimum absolute atomic E-state index is 0.243. The normalized spacial score (nSPS) is 12.6. The molecule has 0 spiro atoms. The number of carbonyl (C=O) groups excluding carboxylic acids is 1. The van der Waals surface area contributed by atoms with Gasteiger partial charge in [0.25, 0.3) is 0 Å². The van der Waals surface area contributed by atoms with Crippen molar-refractivity contribution >= 4 is 18.1 Å². The molecule has 2 nitrogen and oxygen atoms in total. The molecule has 0 bridgehead atoms. The van der Waals surface area contributed by atoms with Gasteiger partial charge in [0.05, 0.1) is 6.61 Å². The monoisotopic (exact) mass is 348 g/mol. The number of aryl methyl sites for hydroxylation is 1. The summed E-state index contributed by atoms with van der Waals surface area (Å²) < 4.78 is 5.20. The van der Waals surface area contributed by atoms with Crippen LogP contribution in [0.1, 0.15) is 54.9 Å². The summed E-state index contributed by atoms with van der Waals surface area (Å²) in [5.41, 5.74) is 4.70. The lowest BCUT2D eigenvalue weighted by Gasteiger charge is -2.14. The van der Waals surface area contributed by atoms with E-state index in [1.165, 1.54) is 22.8 Å². The van der Waals surface area contributed by atoms with Crippen molar-refractivity contribution in [2.75, 3.05) is 6.61 Å². The highest BCUT2D eigenvalue weighted by molar-refractivity contribution is 5.87. The van der Waals surface area contributed by atoms with Crippen LogP contribution in [0.2, 0.25) is 0 Å². The van der Waals surface area contributed by atoms with Gasteiger partial charge in [-0.1, -0.05) is 81.0 Å². The number of unbranched alkanes of at least 4 members (excludes halogenated alkanes) is 1. The van der Waals surface area contributed by atoms with Crippen LogP contribution >= 0.6 is 0 Å². The van der Waals surface area contributed by atoms with E-state index in [2.05, 4.69) is 51.1 Å². The first-order valence-electron chi connectivity index (χ1n) is 9.29. The highest BCUT2D eigenvalue weighted by Gasteiger charge is 2.10. The third-order valence-electron chi connectivity index (χ3n) is 4.33. The zero-order chi connectivity index (χ0) is 18.8. The summed E-state index contributed by atoms with van der Waals surface area (Å²) >= 11 is 0. The molecule has 2 aromatic carbocycles. The number of hydrogen-bond acceptors (Lipinski definition) is 2. The van der Waals surface area contributed by atoms with E-state index in [0.717, 1.165) is 18.4 Å². The van der Waals surface area contributed by atoms with Crippen LogP contribution in [-0.4, -0.2) is 12.6 Å². The Bertz CT molecular complexity index is 757. The Morgan fingerprint density at radius 2 is 1.85 bits per heavy atom. The summed E-state index contributed by atoms with van der Waals surface area (Å²) in [5, 5.41) is 0. The molecule has 1 unspecified atom stereocenters. The first-order chi connectivity index (χ1) is 12.6. The van der Waals surface area contributed by atoms with Gasteiger partial charge in [0.2, 0.25) is 0 Å². The summed E-state index contributed by atoms with van der Waals surface area (Å²) in [5.74, 6) is -0.0365. The van der Waals surface area contributed by atoms with Crippen LogP contribution in [0.25, 0.3) is 12.2 Å². The van der Waals surface area contributed by atoms with Crippen molar-refractivity contribution < 1.29 is 9.53 Å². The molecule has 0 fully saturated rings. The number of benzene rings is 2. The van der Waals surface area contributed by atoms with E-state index in [-0.39, 0.29) is 11.9 Å². The molecule has 0 aliphatic heterocycles. The number of ether oxygens (including phenoxy) is 1. The molecular weight excluding hydrogens is 320 g/mol. The quantitative estimate of drug-likeness (QED) is 0.324. The van der Waals surface area contributed by atoms with E-state index >= 15 is 0 Å². The zero-order valence-corrected chi connectivity index (χ0v) is 15.9. The minimum Gasteiger partial charge on any atom is -0.463 e. The minimum atomic E-state index is -0.279. The van der Waals surface area contributed by atoms with Crippen molar-refractivity contribution in [3.05, 3.63) is 82.9 Å². The average molecular weight is 348 g/mol. The molecule has 0 saturated carbocycles.